The molecule has 0 aromatic carbocycles. The molecule has 0 heterocycles. The summed E-state index contributed by atoms with van der Waals surface area (Å²) in [5.41, 5.74) is 2.89. The van der Waals surface area contributed by atoms with Crippen LogP contribution in [0.4, 0.5) is 0 Å². The predicted octanol–water partition coefficient (Wildman–Crippen LogP) is 1.27. The Hall–Kier alpha value is -0.0800. The van der Waals surface area contributed by atoms with Gasteiger partial charge in [-0.25, -0.2) is 0 Å². The molecule has 0 amide bonds. The van der Waals surface area contributed by atoms with E-state index in [-0.39, 0.29) is 0 Å². The largest absolute Gasteiger partial charge is 0.271 e. The number of fused-ring (bicyclic) bond motifs is 2. The van der Waals surface area contributed by atoms with Crippen LogP contribution in [-0.2, 0) is 0 Å². The van der Waals surface area contributed by atoms with Crippen molar-refractivity contribution < 1.29 is 0 Å². The number of hydrogen-bond donors (Lipinski definition) is 2. The molecule has 0 unspecified atom stereocenters. The third-order valence-electron chi connectivity index (χ3n) is 3.70. The zero-order valence-corrected chi connectivity index (χ0v) is 7.22. The molecule has 2 aliphatic carbocycles. The second kappa shape index (κ2) is 2.76. The lowest BCUT2D eigenvalue weighted by Gasteiger charge is -2.26. The van der Waals surface area contributed by atoms with Crippen molar-refractivity contribution in [2.45, 2.75) is 38.6 Å². The standard InChI is InChI=1S/C9H18N2/c1-6(11-10)9-5-7-2-3-8(9)4-7/h6-9,11H,2-5,10H2,1H3/t6-,7-,8-,9-/m1/s1. The van der Waals surface area contributed by atoms with Crippen LogP contribution in [0, 0.1) is 17.8 Å². The van der Waals surface area contributed by atoms with Gasteiger partial charge in [-0.1, -0.05) is 6.42 Å². The highest BCUT2D eigenvalue weighted by atomic mass is 15.2. The van der Waals surface area contributed by atoms with E-state index in [0.717, 1.165) is 17.8 Å². The van der Waals surface area contributed by atoms with E-state index in [9.17, 15) is 0 Å². The summed E-state index contributed by atoms with van der Waals surface area (Å²) in [5.74, 6) is 8.34. The Balaban J connectivity index is 1.96. The Labute approximate surface area is 68.5 Å². The summed E-state index contributed by atoms with van der Waals surface area (Å²) in [7, 11) is 0. The third kappa shape index (κ3) is 1.18. The maximum absolute atomic E-state index is 5.43. The molecule has 2 fully saturated rings. The van der Waals surface area contributed by atoms with Gasteiger partial charge in [0.15, 0.2) is 0 Å². The van der Waals surface area contributed by atoms with Crippen LogP contribution >= 0.6 is 0 Å². The summed E-state index contributed by atoms with van der Waals surface area (Å²) in [5, 5.41) is 0. The maximum atomic E-state index is 5.43. The third-order valence-corrected chi connectivity index (χ3v) is 3.70. The summed E-state index contributed by atoms with van der Waals surface area (Å²) in [6, 6.07) is 0.533. The molecule has 2 rings (SSSR count). The molecule has 0 saturated heterocycles. The Morgan fingerprint density at radius 3 is 2.64 bits per heavy atom. The summed E-state index contributed by atoms with van der Waals surface area (Å²) in [6.45, 7) is 2.21. The lowest BCUT2D eigenvalue weighted by atomic mass is 9.84. The van der Waals surface area contributed by atoms with Gasteiger partial charge in [0.2, 0.25) is 0 Å². The summed E-state index contributed by atoms with van der Waals surface area (Å²) in [6.07, 6.45) is 5.85. The summed E-state index contributed by atoms with van der Waals surface area (Å²) < 4.78 is 0. The number of nitrogens with two attached hydrogens (primary N) is 1. The van der Waals surface area contributed by atoms with E-state index in [1.165, 1.54) is 25.7 Å². The molecule has 64 valence electrons. The molecule has 2 saturated carbocycles. The van der Waals surface area contributed by atoms with Gasteiger partial charge in [-0.3, -0.25) is 11.3 Å². The van der Waals surface area contributed by atoms with Gasteiger partial charge in [-0.15, -0.1) is 0 Å². The fourth-order valence-electron chi connectivity index (χ4n) is 3.03. The minimum absolute atomic E-state index is 0.533. The van der Waals surface area contributed by atoms with Crippen LogP contribution in [0.3, 0.4) is 0 Å². The monoisotopic (exact) mass is 154 g/mol. The number of hydrazine groups is 1. The van der Waals surface area contributed by atoms with Crippen molar-refractivity contribution in [2.24, 2.45) is 23.6 Å². The van der Waals surface area contributed by atoms with Gasteiger partial charge >= 0.3 is 0 Å². The van der Waals surface area contributed by atoms with Crippen molar-refractivity contribution in [3.8, 4) is 0 Å². The number of nitrogens with one attached hydrogen (secondary N) is 1. The maximum Gasteiger partial charge on any atom is 0.0213 e. The Kier molecular flexibility index (Phi) is 1.90. The van der Waals surface area contributed by atoms with Crippen LogP contribution in [0.2, 0.25) is 0 Å². The molecule has 0 spiro atoms. The van der Waals surface area contributed by atoms with Crippen molar-refractivity contribution in [1.29, 1.82) is 0 Å². The lowest BCUT2D eigenvalue weighted by Crippen LogP contribution is -2.40. The molecule has 2 bridgehead atoms. The van der Waals surface area contributed by atoms with Gasteiger partial charge in [0, 0.05) is 6.04 Å². The first-order chi connectivity index (χ1) is 5.31. The Morgan fingerprint density at radius 2 is 2.18 bits per heavy atom. The number of rotatable bonds is 2. The van der Waals surface area contributed by atoms with Gasteiger partial charge in [-0.2, -0.15) is 0 Å². The first-order valence-corrected chi connectivity index (χ1v) is 4.77. The van der Waals surface area contributed by atoms with Crippen LogP contribution in [0.15, 0.2) is 0 Å². The van der Waals surface area contributed by atoms with Crippen LogP contribution in [0.25, 0.3) is 0 Å². The fraction of sp³-hybridized carbons (Fsp3) is 1.00. The van der Waals surface area contributed by atoms with Gasteiger partial charge in [0.25, 0.3) is 0 Å². The normalized spacial score (nSPS) is 44.7. The van der Waals surface area contributed by atoms with E-state index < -0.39 is 0 Å². The van der Waals surface area contributed by atoms with E-state index in [1.54, 1.807) is 0 Å². The molecule has 3 N–H and O–H groups in total. The quantitative estimate of drug-likeness (QED) is 0.464. The molecule has 0 aromatic rings. The minimum atomic E-state index is 0.533. The zero-order valence-electron chi connectivity index (χ0n) is 7.22. The second-order valence-electron chi connectivity index (χ2n) is 4.29. The average Bonchev–Trinajstić information content (AvgIpc) is 2.62. The first kappa shape index (κ1) is 7.56. The molecule has 11 heavy (non-hydrogen) atoms. The molecular formula is C9H18N2. The predicted molar refractivity (Wildman–Crippen MR) is 45.7 cm³/mol. The molecule has 2 heteroatoms. The molecular weight excluding hydrogens is 136 g/mol. The molecule has 2 nitrogen and oxygen atoms in total. The van der Waals surface area contributed by atoms with E-state index >= 15 is 0 Å². The van der Waals surface area contributed by atoms with Crippen molar-refractivity contribution in [3.05, 3.63) is 0 Å². The lowest BCUT2D eigenvalue weighted by molar-refractivity contribution is 0.262. The number of hydrogen-bond acceptors (Lipinski definition) is 2. The molecule has 4 atom stereocenters. The van der Waals surface area contributed by atoms with Crippen molar-refractivity contribution in [2.75, 3.05) is 0 Å². The first-order valence-electron chi connectivity index (χ1n) is 4.77. The highest BCUT2D eigenvalue weighted by molar-refractivity contribution is 4.93. The van der Waals surface area contributed by atoms with Crippen molar-refractivity contribution >= 4 is 0 Å². The fourth-order valence-corrected chi connectivity index (χ4v) is 3.03. The van der Waals surface area contributed by atoms with Gasteiger partial charge in [0.1, 0.15) is 0 Å². The highest BCUT2D eigenvalue weighted by Crippen LogP contribution is 2.49. The Bertz CT molecular complexity index is 146. The van der Waals surface area contributed by atoms with Gasteiger partial charge < -0.3 is 0 Å². The topological polar surface area (TPSA) is 38.0 Å². The van der Waals surface area contributed by atoms with E-state index in [4.69, 9.17) is 5.84 Å². The molecule has 0 aromatic heterocycles. The van der Waals surface area contributed by atoms with Gasteiger partial charge in [0.05, 0.1) is 0 Å². The van der Waals surface area contributed by atoms with Crippen molar-refractivity contribution in [3.63, 3.8) is 0 Å². The molecule has 0 radical (unpaired) electrons. The average molecular weight is 154 g/mol. The minimum Gasteiger partial charge on any atom is -0.271 e. The second-order valence-corrected chi connectivity index (χ2v) is 4.29. The van der Waals surface area contributed by atoms with E-state index in [1.807, 2.05) is 0 Å². The SMILES string of the molecule is C[C@@H](NN)[C@H]1C[C@@H]2CC[C@@H]1C2. The van der Waals surface area contributed by atoms with Crippen LogP contribution in [-0.4, -0.2) is 6.04 Å². The highest BCUT2D eigenvalue weighted by Gasteiger charge is 2.41. The zero-order chi connectivity index (χ0) is 7.84. The van der Waals surface area contributed by atoms with Gasteiger partial charge in [-0.05, 0) is 43.9 Å². The summed E-state index contributed by atoms with van der Waals surface area (Å²) >= 11 is 0. The van der Waals surface area contributed by atoms with Crippen molar-refractivity contribution in [1.82, 2.24) is 5.43 Å². The molecule has 0 aliphatic heterocycles. The van der Waals surface area contributed by atoms with Crippen LogP contribution in [0.5, 0.6) is 0 Å². The smallest absolute Gasteiger partial charge is 0.0213 e. The van der Waals surface area contributed by atoms with E-state index in [0.29, 0.717) is 6.04 Å². The van der Waals surface area contributed by atoms with Crippen LogP contribution in [0.1, 0.15) is 32.6 Å². The Morgan fingerprint density at radius 1 is 1.36 bits per heavy atom. The molecule has 2 aliphatic rings. The van der Waals surface area contributed by atoms with Crippen LogP contribution < -0.4 is 11.3 Å². The summed E-state index contributed by atoms with van der Waals surface area (Å²) in [4.78, 5) is 0. The van der Waals surface area contributed by atoms with E-state index in [2.05, 4.69) is 12.3 Å².